The van der Waals surface area contributed by atoms with Gasteiger partial charge in [-0.3, -0.25) is 4.79 Å². The van der Waals surface area contributed by atoms with Gasteiger partial charge in [0, 0.05) is 0 Å². The van der Waals surface area contributed by atoms with Gasteiger partial charge in [0.15, 0.2) is 0 Å². The van der Waals surface area contributed by atoms with Crippen molar-refractivity contribution in [3.05, 3.63) is 0 Å². The van der Waals surface area contributed by atoms with Crippen molar-refractivity contribution in [1.29, 1.82) is 0 Å². The second-order valence-corrected chi connectivity index (χ2v) is 2.92. The standard InChI is InChI=1S/C5H6BrF3O2/c1-11-4(10)3(6)2-5(7,8)9/h3H,2H2,1H3. The molecule has 0 aliphatic carbocycles. The molecule has 0 heterocycles. The second-order valence-electron chi connectivity index (χ2n) is 1.81. The number of methoxy groups -OCH3 is 1. The SMILES string of the molecule is COC(=O)C(Br)CC(F)(F)F. The van der Waals surface area contributed by atoms with E-state index in [1.54, 1.807) is 0 Å². The van der Waals surface area contributed by atoms with Crippen molar-refractivity contribution in [3.8, 4) is 0 Å². The van der Waals surface area contributed by atoms with Crippen molar-refractivity contribution in [2.75, 3.05) is 7.11 Å². The molecule has 0 aromatic heterocycles. The molecule has 0 fully saturated rings. The molecular weight excluding hydrogens is 229 g/mol. The van der Waals surface area contributed by atoms with Gasteiger partial charge >= 0.3 is 12.1 Å². The normalized spacial score (nSPS) is 14.3. The van der Waals surface area contributed by atoms with Gasteiger partial charge in [-0.1, -0.05) is 15.9 Å². The Morgan fingerprint density at radius 3 is 2.36 bits per heavy atom. The van der Waals surface area contributed by atoms with Crippen molar-refractivity contribution in [1.82, 2.24) is 0 Å². The molecule has 66 valence electrons. The number of hydrogen-bond donors (Lipinski definition) is 0. The van der Waals surface area contributed by atoms with Gasteiger partial charge in [0.25, 0.3) is 0 Å². The summed E-state index contributed by atoms with van der Waals surface area (Å²) >= 11 is 2.54. The summed E-state index contributed by atoms with van der Waals surface area (Å²) in [5, 5.41) is 0. The van der Waals surface area contributed by atoms with Crippen LogP contribution in [0.4, 0.5) is 13.2 Å². The number of carbonyl (C=O) groups is 1. The predicted molar refractivity (Wildman–Crippen MR) is 35.4 cm³/mol. The fourth-order valence-corrected chi connectivity index (χ4v) is 0.968. The summed E-state index contributed by atoms with van der Waals surface area (Å²) in [6.45, 7) is 0. The zero-order chi connectivity index (χ0) is 9.07. The molecule has 0 aliphatic heterocycles. The zero-order valence-corrected chi connectivity index (χ0v) is 7.20. The summed E-state index contributed by atoms with van der Waals surface area (Å²) < 4.78 is 38.8. The fourth-order valence-electron chi connectivity index (χ4n) is 0.414. The molecule has 0 rings (SSSR count). The molecule has 6 heteroatoms. The Balaban J connectivity index is 3.87. The molecule has 0 saturated heterocycles. The van der Waals surface area contributed by atoms with Crippen LogP contribution in [-0.2, 0) is 9.53 Å². The first kappa shape index (κ1) is 10.7. The molecule has 0 aromatic rings. The van der Waals surface area contributed by atoms with Crippen molar-refractivity contribution >= 4 is 21.9 Å². The maximum atomic E-state index is 11.6. The molecule has 0 radical (unpaired) electrons. The lowest BCUT2D eigenvalue weighted by molar-refractivity contribution is -0.153. The molecule has 0 bridgehead atoms. The van der Waals surface area contributed by atoms with E-state index in [0.29, 0.717) is 0 Å². The molecule has 2 nitrogen and oxygen atoms in total. The summed E-state index contributed by atoms with van der Waals surface area (Å²) in [5.74, 6) is -0.915. The highest BCUT2D eigenvalue weighted by molar-refractivity contribution is 9.10. The van der Waals surface area contributed by atoms with E-state index in [1.165, 1.54) is 0 Å². The Kier molecular flexibility index (Phi) is 3.85. The maximum Gasteiger partial charge on any atom is 0.390 e. The minimum atomic E-state index is -4.34. The van der Waals surface area contributed by atoms with Crippen LogP contribution in [0.15, 0.2) is 0 Å². The predicted octanol–water partition coefficient (Wildman–Crippen LogP) is 1.88. The van der Waals surface area contributed by atoms with Crippen molar-refractivity contribution < 1.29 is 22.7 Å². The van der Waals surface area contributed by atoms with Gasteiger partial charge in [0.1, 0.15) is 4.83 Å². The Labute approximate surface area is 69.8 Å². The van der Waals surface area contributed by atoms with Crippen molar-refractivity contribution in [2.45, 2.75) is 17.4 Å². The van der Waals surface area contributed by atoms with Gasteiger partial charge in [0.2, 0.25) is 0 Å². The van der Waals surface area contributed by atoms with E-state index in [0.717, 1.165) is 7.11 Å². The summed E-state index contributed by atoms with van der Waals surface area (Å²) in [6, 6.07) is 0. The van der Waals surface area contributed by atoms with Crippen LogP contribution in [0.3, 0.4) is 0 Å². The number of alkyl halides is 4. The molecular formula is C5H6BrF3O2. The van der Waals surface area contributed by atoms with Crippen LogP contribution in [0.5, 0.6) is 0 Å². The monoisotopic (exact) mass is 234 g/mol. The number of hydrogen-bond acceptors (Lipinski definition) is 2. The minimum absolute atomic E-state index is 0.915. The first-order valence-electron chi connectivity index (χ1n) is 2.65. The summed E-state index contributed by atoms with van der Waals surface area (Å²) in [7, 11) is 1.03. The summed E-state index contributed by atoms with van der Waals surface area (Å²) in [5.41, 5.74) is 0. The van der Waals surface area contributed by atoms with Crippen LogP contribution in [-0.4, -0.2) is 24.1 Å². The molecule has 0 aliphatic rings. The Morgan fingerprint density at radius 2 is 2.09 bits per heavy atom. The maximum absolute atomic E-state index is 11.6. The molecule has 11 heavy (non-hydrogen) atoms. The Bertz CT molecular complexity index is 145. The van der Waals surface area contributed by atoms with E-state index in [9.17, 15) is 18.0 Å². The van der Waals surface area contributed by atoms with Gasteiger partial charge in [-0.2, -0.15) is 13.2 Å². The first-order valence-corrected chi connectivity index (χ1v) is 3.57. The van der Waals surface area contributed by atoms with E-state index in [1.807, 2.05) is 0 Å². The zero-order valence-electron chi connectivity index (χ0n) is 5.61. The van der Waals surface area contributed by atoms with Crippen molar-refractivity contribution in [3.63, 3.8) is 0 Å². The van der Waals surface area contributed by atoms with Crippen LogP contribution in [0, 0.1) is 0 Å². The van der Waals surface area contributed by atoms with Gasteiger partial charge in [-0.25, -0.2) is 0 Å². The number of halogens is 4. The van der Waals surface area contributed by atoms with Crippen LogP contribution < -0.4 is 0 Å². The average molecular weight is 235 g/mol. The lowest BCUT2D eigenvalue weighted by atomic mass is 10.3. The molecule has 0 aromatic carbocycles. The molecule has 1 unspecified atom stereocenters. The van der Waals surface area contributed by atoms with Crippen molar-refractivity contribution in [2.24, 2.45) is 0 Å². The highest BCUT2D eigenvalue weighted by Crippen LogP contribution is 2.25. The largest absolute Gasteiger partial charge is 0.468 e. The number of rotatable bonds is 2. The van der Waals surface area contributed by atoms with E-state index in [-0.39, 0.29) is 0 Å². The third kappa shape index (κ3) is 5.06. The van der Waals surface area contributed by atoms with Crippen LogP contribution in [0.2, 0.25) is 0 Å². The van der Waals surface area contributed by atoms with E-state index >= 15 is 0 Å². The highest BCUT2D eigenvalue weighted by Gasteiger charge is 2.34. The topological polar surface area (TPSA) is 26.3 Å². The number of ether oxygens (including phenoxy) is 1. The molecule has 0 saturated carbocycles. The second kappa shape index (κ2) is 3.94. The third-order valence-corrected chi connectivity index (χ3v) is 1.57. The third-order valence-electron chi connectivity index (χ3n) is 0.868. The molecule has 0 N–H and O–H groups in total. The smallest absolute Gasteiger partial charge is 0.390 e. The number of esters is 1. The molecule has 0 amide bonds. The Morgan fingerprint density at radius 1 is 1.64 bits per heavy atom. The van der Waals surface area contributed by atoms with Crippen LogP contribution in [0.25, 0.3) is 0 Å². The van der Waals surface area contributed by atoms with Gasteiger partial charge < -0.3 is 4.74 Å². The number of carbonyl (C=O) groups excluding carboxylic acids is 1. The van der Waals surface area contributed by atoms with E-state index in [4.69, 9.17) is 0 Å². The quantitative estimate of drug-likeness (QED) is 0.539. The fraction of sp³-hybridized carbons (Fsp3) is 0.800. The van der Waals surface area contributed by atoms with Gasteiger partial charge in [-0.15, -0.1) is 0 Å². The van der Waals surface area contributed by atoms with Gasteiger partial charge in [0.05, 0.1) is 13.5 Å². The first-order chi connectivity index (χ1) is 4.87. The van der Waals surface area contributed by atoms with Crippen LogP contribution in [0.1, 0.15) is 6.42 Å². The summed E-state index contributed by atoms with van der Waals surface area (Å²) in [4.78, 5) is 9.12. The Hall–Kier alpha value is -0.260. The molecule has 1 atom stereocenters. The highest BCUT2D eigenvalue weighted by atomic mass is 79.9. The lowest BCUT2D eigenvalue weighted by Crippen LogP contribution is -2.23. The van der Waals surface area contributed by atoms with E-state index < -0.39 is 23.4 Å². The van der Waals surface area contributed by atoms with Gasteiger partial charge in [-0.05, 0) is 0 Å². The average Bonchev–Trinajstić information content (AvgIpc) is 1.82. The van der Waals surface area contributed by atoms with Crippen LogP contribution >= 0.6 is 15.9 Å². The molecule has 0 spiro atoms. The summed E-state index contributed by atoms with van der Waals surface area (Å²) in [6.07, 6.45) is -5.55. The minimum Gasteiger partial charge on any atom is -0.468 e. The lowest BCUT2D eigenvalue weighted by Gasteiger charge is -2.09. The van der Waals surface area contributed by atoms with E-state index in [2.05, 4.69) is 20.7 Å².